The molecule has 0 aliphatic carbocycles. The third kappa shape index (κ3) is 7.52. The molecule has 40 heavy (non-hydrogen) atoms. The van der Waals surface area contributed by atoms with Crippen LogP contribution in [0.15, 0.2) is 65.6 Å². The molecule has 0 aromatic heterocycles. The lowest BCUT2D eigenvalue weighted by Gasteiger charge is -2.27. The number of carbonyl (C=O) groups excluding carboxylic acids is 3. The van der Waals surface area contributed by atoms with Crippen LogP contribution in [0.2, 0.25) is 0 Å². The van der Waals surface area contributed by atoms with Crippen molar-refractivity contribution in [2.24, 2.45) is 0 Å². The van der Waals surface area contributed by atoms with Crippen LogP contribution in [0.25, 0.3) is 10.8 Å². The standard InChI is InChI=1S/C29H34N4O5S.ClH/c1-19(30-2)28(35)32-24-18-39-27-23(31-26(34)17-38-15-14-37-3)12-7-13-25(27)33(29(24)36)16-21-10-6-9-20-8-4-5-11-22(20)21;/h4-13,19,24,30H,14-18H2,1-3H3,(H,31,34)(H,32,35);1H. The summed E-state index contributed by atoms with van der Waals surface area (Å²) >= 11 is 1.43. The minimum Gasteiger partial charge on any atom is -0.382 e. The third-order valence-electron chi connectivity index (χ3n) is 6.53. The molecule has 0 saturated heterocycles. The molecule has 0 radical (unpaired) electrons. The second kappa shape index (κ2) is 15.0. The molecule has 3 amide bonds. The van der Waals surface area contributed by atoms with Crippen LogP contribution in [0.3, 0.4) is 0 Å². The Bertz CT molecular complexity index is 1340. The number of nitrogens with one attached hydrogen (secondary N) is 3. The molecule has 1 aliphatic heterocycles. The Morgan fingerprint density at radius 1 is 1.07 bits per heavy atom. The number of ether oxygens (including phenoxy) is 2. The maximum absolute atomic E-state index is 14.0. The average Bonchev–Trinajstić information content (AvgIpc) is 3.08. The molecular weight excluding hydrogens is 552 g/mol. The number of thioether (sulfide) groups is 1. The first-order chi connectivity index (χ1) is 18.9. The van der Waals surface area contributed by atoms with E-state index < -0.39 is 12.1 Å². The molecule has 3 aromatic carbocycles. The number of carbonyl (C=O) groups is 3. The topological polar surface area (TPSA) is 109 Å². The first-order valence-electron chi connectivity index (χ1n) is 12.8. The Kier molecular flexibility index (Phi) is 11.8. The fourth-order valence-corrected chi connectivity index (χ4v) is 5.48. The predicted octanol–water partition coefficient (Wildman–Crippen LogP) is 3.59. The van der Waals surface area contributed by atoms with Gasteiger partial charge in [0.2, 0.25) is 11.8 Å². The van der Waals surface area contributed by atoms with Crippen molar-refractivity contribution >= 4 is 64.0 Å². The van der Waals surface area contributed by atoms with E-state index in [1.165, 1.54) is 11.8 Å². The van der Waals surface area contributed by atoms with E-state index in [1.54, 1.807) is 32.0 Å². The van der Waals surface area contributed by atoms with Gasteiger partial charge in [0.25, 0.3) is 5.91 Å². The van der Waals surface area contributed by atoms with E-state index in [2.05, 4.69) is 16.0 Å². The highest BCUT2D eigenvalue weighted by atomic mass is 35.5. The van der Waals surface area contributed by atoms with Gasteiger partial charge in [-0.2, -0.15) is 0 Å². The predicted molar refractivity (Wildman–Crippen MR) is 161 cm³/mol. The summed E-state index contributed by atoms with van der Waals surface area (Å²) in [5, 5.41) is 10.9. The van der Waals surface area contributed by atoms with E-state index >= 15 is 0 Å². The number of methoxy groups -OCH3 is 1. The van der Waals surface area contributed by atoms with E-state index in [4.69, 9.17) is 9.47 Å². The van der Waals surface area contributed by atoms with Gasteiger partial charge in [-0.1, -0.05) is 48.5 Å². The van der Waals surface area contributed by atoms with Gasteiger partial charge < -0.3 is 30.3 Å². The number of hydrogen-bond donors (Lipinski definition) is 3. The summed E-state index contributed by atoms with van der Waals surface area (Å²) in [6, 6.07) is 18.4. The molecule has 214 valence electrons. The van der Waals surface area contributed by atoms with Crippen molar-refractivity contribution in [2.45, 2.75) is 30.4 Å². The number of likely N-dealkylation sites (N-methyl/N-ethyl adjacent to an activating group) is 1. The van der Waals surface area contributed by atoms with Crippen molar-refractivity contribution in [3.63, 3.8) is 0 Å². The van der Waals surface area contributed by atoms with E-state index in [0.29, 0.717) is 36.9 Å². The molecule has 3 aromatic rings. The molecule has 4 rings (SSSR count). The van der Waals surface area contributed by atoms with Gasteiger partial charge in [-0.15, -0.1) is 24.2 Å². The fraction of sp³-hybridized carbons (Fsp3) is 0.345. The lowest BCUT2D eigenvalue weighted by Crippen LogP contribution is -2.53. The molecular formula is C29H35ClN4O5S. The second-order valence-electron chi connectivity index (χ2n) is 9.19. The van der Waals surface area contributed by atoms with Gasteiger partial charge in [-0.25, -0.2) is 0 Å². The Hall–Kier alpha value is -3.15. The lowest BCUT2D eigenvalue weighted by molar-refractivity contribution is -0.128. The smallest absolute Gasteiger partial charge is 0.250 e. The highest BCUT2D eigenvalue weighted by molar-refractivity contribution is 7.99. The van der Waals surface area contributed by atoms with Crippen molar-refractivity contribution < 1.29 is 23.9 Å². The normalized spacial score (nSPS) is 15.5. The monoisotopic (exact) mass is 586 g/mol. The van der Waals surface area contributed by atoms with E-state index in [-0.39, 0.29) is 36.7 Å². The van der Waals surface area contributed by atoms with Gasteiger partial charge in [-0.05, 0) is 42.4 Å². The molecule has 2 atom stereocenters. The lowest BCUT2D eigenvalue weighted by atomic mass is 10.0. The van der Waals surface area contributed by atoms with Crippen LogP contribution in [0, 0.1) is 0 Å². The van der Waals surface area contributed by atoms with E-state index in [0.717, 1.165) is 21.2 Å². The largest absolute Gasteiger partial charge is 0.382 e. The number of benzene rings is 3. The Morgan fingerprint density at radius 2 is 1.82 bits per heavy atom. The van der Waals surface area contributed by atoms with Gasteiger partial charge in [0.1, 0.15) is 12.6 Å². The maximum atomic E-state index is 14.0. The number of hydrogen-bond acceptors (Lipinski definition) is 7. The molecule has 2 unspecified atom stereocenters. The molecule has 0 spiro atoms. The fourth-order valence-electron chi connectivity index (χ4n) is 4.32. The number of rotatable bonds is 11. The summed E-state index contributed by atoms with van der Waals surface area (Å²) in [7, 11) is 3.27. The second-order valence-corrected chi connectivity index (χ2v) is 10.2. The molecule has 11 heteroatoms. The van der Waals surface area contributed by atoms with Gasteiger partial charge in [0, 0.05) is 12.9 Å². The zero-order valence-electron chi connectivity index (χ0n) is 22.8. The summed E-state index contributed by atoms with van der Waals surface area (Å²) in [5.74, 6) is -0.451. The number of halogens is 1. The number of amides is 3. The zero-order valence-corrected chi connectivity index (χ0v) is 24.4. The molecule has 9 nitrogen and oxygen atoms in total. The van der Waals surface area contributed by atoms with Gasteiger partial charge >= 0.3 is 0 Å². The summed E-state index contributed by atoms with van der Waals surface area (Å²) in [6.07, 6.45) is 0. The van der Waals surface area contributed by atoms with Crippen LogP contribution >= 0.6 is 24.2 Å². The summed E-state index contributed by atoms with van der Waals surface area (Å²) in [4.78, 5) is 41.8. The highest BCUT2D eigenvalue weighted by Crippen LogP contribution is 2.41. The molecule has 0 fully saturated rings. The van der Waals surface area contributed by atoms with E-state index in [1.807, 2.05) is 54.6 Å². The third-order valence-corrected chi connectivity index (χ3v) is 7.75. The summed E-state index contributed by atoms with van der Waals surface area (Å²) in [6.45, 7) is 2.64. The van der Waals surface area contributed by atoms with Crippen LogP contribution in [-0.4, -0.2) is 69.5 Å². The van der Waals surface area contributed by atoms with Crippen LogP contribution in [0.1, 0.15) is 12.5 Å². The van der Waals surface area contributed by atoms with E-state index in [9.17, 15) is 14.4 Å². The summed E-state index contributed by atoms with van der Waals surface area (Å²) < 4.78 is 10.3. The summed E-state index contributed by atoms with van der Waals surface area (Å²) in [5.41, 5.74) is 2.24. The van der Waals surface area contributed by atoms with Crippen LogP contribution < -0.4 is 20.9 Å². The molecule has 0 bridgehead atoms. The van der Waals surface area contributed by atoms with Crippen molar-refractivity contribution in [3.05, 3.63) is 66.2 Å². The molecule has 3 N–H and O–H groups in total. The van der Waals surface area contributed by atoms with Crippen LogP contribution in [0.4, 0.5) is 11.4 Å². The van der Waals surface area contributed by atoms with Gasteiger partial charge in [-0.3, -0.25) is 14.4 Å². The van der Waals surface area contributed by atoms with Crippen molar-refractivity contribution in [1.29, 1.82) is 0 Å². The Labute approximate surface area is 244 Å². The van der Waals surface area contributed by atoms with Crippen LogP contribution in [-0.2, 0) is 30.4 Å². The number of fused-ring (bicyclic) bond motifs is 2. The number of nitrogens with zero attached hydrogens (tertiary/aromatic N) is 1. The molecule has 1 aliphatic rings. The first-order valence-corrected chi connectivity index (χ1v) is 13.8. The average molecular weight is 587 g/mol. The highest BCUT2D eigenvalue weighted by Gasteiger charge is 2.34. The quantitative estimate of drug-likeness (QED) is 0.295. The van der Waals surface area contributed by atoms with Gasteiger partial charge in [0.15, 0.2) is 0 Å². The minimum atomic E-state index is -0.749. The van der Waals surface area contributed by atoms with Crippen LogP contribution in [0.5, 0.6) is 0 Å². The Balaban J connectivity index is 0.00000441. The van der Waals surface area contributed by atoms with Crippen molar-refractivity contribution in [2.75, 3.05) is 49.9 Å². The molecule has 1 heterocycles. The minimum absolute atomic E-state index is 0. The Morgan fingerprint density at radius 3 is 2.60 bits per heavy atom. The molecule has 0 saturated carbocycles. The number of anilines is 2. The SMILES string of the molecule is CNC(C)C(=O)NC1CSc2c(NC(=O)COCCOC)cccc2N(Cc2cccc3ccccc23)C1=O.Cl. The van der Waals surface area contributed by atoms with Crippen molar-refractivity contribution in [3.8, 4) is 0 Å². The maximum Gasteiger partial charge on any atom is 0.250 e. The van der Waals surface area contributed by atoms with Crippen molar-refractivity contribution in [1.82, 2.24) is 10.6 Å². The zero-order chi connectivity index (χ0) is 27.8. The first kappa shape index (κ1) is 31.4. The van der Waals surface area contributed by atoms with Gasteiger partial charge in [0.05, 0.1) is 42.1 Å².